The van der Waals surface area contributed by atoms with Gasteiger partial charge in [-0.3, -0.25) is 19.1 Å². The van der Waals surface area contributed by atoms with Gasteiger partial charge in [-0.1, -0.05) is 17.8 Å². The number of imidazole rings is 1. The van der Waals surface area contributed by atoms with Gasteiger partial charge in [0.15, 0.2) is 22.7 Å². The molecule has 1 atom stereocenters. The van der Waals surface area contributed by atoms with Crippen LogP contribution in [-0.2, 0) is 31.5 Å². The third kappa shape index (κ3) is 8.21. The molecule has 2 aromatic carbocycles. The zero-order valence-electron chi connectivity index (χ0n) is 21.7. The molecule has 2 heterocycles. The van der Waals surface area contributed by atoms with E-state index in [4.69, 9.17) is 24.3 Å². The highest BCUT2D eigenvalue weighted by Crippen LogP contribution is 2.49. The number of carbonyl (C=O) groups excluding carboxylic acids is 1. The maximum Gasteiger partial charge on any atom is 0.356 e. The number of nitrogens with two attached hydrogens (primary N) is 1. The normalized spacial score (nSPS) is 12.9. The van der Waals surface area contributed by atoms with E-state index in [1.165, 1.54) is 49.8 Å². The summed E-state index contributed by atoms with van der Waals surface area (Å²) in [6.07, 6.45) is 0.945. The number of nitrogens with one attached hydrogen (secondary N) is 1. The third-order valence-corrected chi connectivity index (χ3v) is 8.01. The lowest BCUT2D eigenvalue weighted by molar-refractivity contribution is 0.108. The van der Waals surface area contributed by atoms with Crippen LogP contribution in [-0.4, -0.2) is 57.1 Å². The number of carbonyl (C=O) groups is 1. The predicted molar refractivity (Wildman–Crippen MR) is 148 cm³/mol. The Morgan fingerprint density at radius 2 is 1.93 bits per heavy atom. The summed E-state index contributed by atoms with van der Waals surface area (Å²) in [4.78, 5) is 34.7. The van der Waals surface area contributed by atoms with E-state index in [1.54, 1.807) is 10.6 Å². The van der Waals surface area contributed by atoms with Crippen LogP contribution in [0.4, 0.5) is 14.7 Å². The molecule has 0 aliphatic carbocycles. The van der Waals surface area contributed by atoms with Crippen molar-refractivity contribution in [2.45, 2.75) is 13.2 Å². The Morgan fingerprint density at radius 3 is 2.66 bits per heavy atom. The number of halogens is 2. The second-order valence-electron chi connectivity index (χ2n) is 8.43. The largest absolute Gasteiger partial charge is 0.494 e. The number of rotatable bonds is 14. The molecule has 0 amide bonds. The lowest BCUT2D eigenvalue weighted by Gasteiger charge is -2.19. The van der Waals surface area contributed by atoms with Crippen molar-refractivity contribution in [1.82, 2.24) is 19.5 Å². The highest BCUT2D eigenvalue weighted by Gasteiger charge is 2.26. The van der Waals surface area contributed by atoms with Crippen LogP contribution in [0.3, 0.4) is 0 Å². The van der Waals surface area contributed by atoms with Crippen molar-refractivity contribution in [3.8, 4) is 5.75 Å². The Labute approximate surface area is 236 Å². The molecule has 0 bridgehead atoms. The van der Waals surface area contributed by atoms with E-state index in [1.807, 2.05) is 0 Å². The second-order valence-corrected chi connectivity index (χ2v) is 11.5. The van der Waals surface area contributed by atoms with Gasteiger partial charge in [0.1, 0.15) is 12.2 Å². The number of thioether (sulfide) groups is 1. The van der Waals surface area contributed by atoms with Crippen molar-refractivity contribution < 1.29 is 36.7 Å². The van der Waals surface area contributed by atoms with Crippen LogP contribution in [0.5, 0.6) is 5.75 Å². The molecule has 1 unspecified atom stereocenters. The van der Waals surface area contributed by atoms with Crippen molar-refractivity contribution in [3.63, 3.8) is 0 Å². The zero-order valence-corrected chi connectivity index (χ0v) is 23.5. The topological polar surface area (TPSA) is 161 Å². The molecule has 0 spiro atoms. The molecule has 12 nitrogen and oxygen atoms in total. The maximum absolute atomic E-state index is 14.1. The Kier molecular flexibility index (Phi) is 10.2. The number of hydrogen-bond donors (Lipinski definition) is 2. The van der Waals surface area contributed by atoms with Gasteiger partial charge in [-0.15, -0.1) is 0 Å². The maximum atomic E-state index is 14.1. The molecule has 3 N–H and O–H groups in total. The summed E-state index contributed by atoms with van der Waals surface area (Å²) in [5.41, 5.74) is 6.19. The van der Waals surface area contributed by atoms with Gasteiger partial charge in [-0.25, -0.2) is 13.8 Å². The molecule has 0 saturated carbocycles. The van der Waals surface area contributed by atoms with Gasteiger partial charge >= 0.3 is 7.60 Å². The van der Waals surface area contributed by atoms with Crippen LogP contribution in [0, 0.1) is 11.6 Å². The Balaban J connectivity index is 1.35. The average molecular weight is 610 g/mol. The molecule has 0 radical (unpaired) electrons. The molecule has 41 heavy (non-hydrogen) atoms. The van der Waals surface area contributed by atoms with E-state index in [0.29, 0.717) is 11.1 Å². The lowest BCUT2D eigenvalue weighted by Crippen LogP contribution is -2.13. The SMILES string of the molecule is COc1ccc(COP(=O)(COCCn2cnc3c(=O)[nH]c(N)nc32)OCCSC(=O)c2ccc(F)cc2)cc1F. The van der Waals surface area contributed by atoms with E-state index in [-0.39, 0.29) is 60.1 Å². The van der Waals surface area contributed by atoms with Gasteiger partial charge in [0.25, 0.3) is 5.56 Å². The number of anilines is 1. The lowest BCUT2D eigenvalue weighted by atomic mass is 10.2. The molecule has 0 aliphatic heterocycles. The summed E-state index contributed by atoms with van der Waals surface area (Å²) in [5, 5.41) is -0.310. The first-order valence-electron chi connectivity index (χ1n) is 12.1. The van der Waals surface area contributed by atoms with Gasteiger partial charge in [0.05, 0.1) is 33.3 Å². The summed E-state index contributed by atoms with van der Waals surface area (Å²) in [5.74, 6) is -0.965. The van der Waals surface area contributed by atoms with E-state index < -0.39 is 31.1 Å². The first-order valence-corrected chi connectivity index (χ1v) is 14.8. The molecule has 4 rings (SSSR count). The van der Waals surface area contributed by atoms with E-state index >= 15 is 0 Å². The monoisotopic (exact) mass is 609 g/mol. The van der Waals surface area contributed by atoms with Crippen molar-refractivity contribution in [2.75, 3.05) is 38.2 Å². The van der Waals surface area contributed by atoms with Crippen molar-refractivity contribution in [3.05, 3.63) is 81.9 Å². The number of hydrogen-bond acceptors (Lipinski definition) is 11. The molecule has 0 aliphatic rings. The summed E-state index contributed by atoms with van der Waals surface area (Å²) < 4.78 is 63.8. The molecular weight excluding hydrogens is 583 g/mol. The number of nitrogens with zero attached hydrogens (tertiary/aromatic N) is 3. The number of methoxy groups -OCH3 is 1. The summed E-state index contributed by atoms with van der Waals surface area (Å²) in [7, 11) is -2.56. The smallest absolute Gasteiger partial charge is 0.356 e. The number of fused-ring (bicyclic) bond motifs is 1. The molecule has 0 fully saturated rings. The van der Waals surface area contributed by atoms with Crippen LogP contribution in [0.25, 0.3) is 11.2 Å². The first kappa shape index (κ1) is 30.3. The number of nitrogen functional groups attached to an aromatic ring is 1. The van der Waals surface area contributed by atoms with Gasteiger partial charge < -0.3 is 28.8 Å². The minimum Gasteiger partial charge on any atom is -0.494 e. The van der Waals surface area contributed by atoms with E-state index in [2.05, 4.69) is 15.0 Å². The minimum atomic E-state index is -3.89. The molecule has 0 saturated heterocycles. The Bertz CT molecular complexity index is 1620. The molecule has 4 aromatic rings. The number of ether oxygens (including phenoxy) is 2. The van der Waals surface area contributed by atoms with Gasteiger partial charge in [0, 0.05) is 17.9 Å². The highest BCUT2D eigenvalue weighted by molar-refractivity contribution is 8.14. The number of benzene rings is 2. The summed E-state index contributed by atoms with van der Waals surface area (Å²) in [6.45, 7) is -0.168. The minimum absolute atomic E-state index is 0.0194. The van der Waals surface area contributed by atoms with Gasteiger partial charge in [-0.2, -0.15) is 4.98 Å². The molecular formula is C25H26F2N5O7PS. The van der Waals surface area contributed by atoms with Crippen LogP contribution in [0.2, 0.25) is 0 Å². The Morgan fingerprint density at radius 1 is 1.15 bits per heavy atom. The van der Waals surface area contributed by atoms with Gasteiger partial charge in [-0.05, 0) is 42.0 Å². The average Bonchev–Trinajstić information content (AvgIpc) is 3.36. The number of aromatic amines is 1. The van der Waals surface area contributed by atoms with Crippen LogP contribution in [0.15, 0.2) is 53.6 Å². The van der Waals surface area contributed by atoms with E-state index in [0.717, 1.165) is 11.8 Å². The quantitative estimate of drug-likeness (QED) is 0.157. The molecule has 16 heteroatoms. The van der Waals surface area contributed by atoms with Crippen LogP contribution >= 0.6 is 19.4 Å². The van der Waals surface area contributed by atoms with Crippen molar-refractivity contribution in [1.29, 1.82) is 0 Å². The number of aromatic nitrogens is 4. The standard InChI is InChI=1S/C25H26F2N5O7PS/c1-36-20-7-2-16(12-19(20)27)13-39-40(35,38-10-11-41-24(34)17-3-5-18(26)6-4-17)15-37-9-8-32-14-29-21-22(32)30-25(28)31-23(21)33/h2-7,12,14H,8-11,13,15H2,1H3,(H3,28,30,31,33). The fourth-order valence-electron chi connectivity index (χ4n) is 3.54. The first-order chi connectivity index (χ1) is 19.7. The van der Waals surface area contributed by atoms with Crippen LogP contribution in [0.1, 0.15) is 15.9 Å². The van der Waals surface area contributed by atoms with Crippen LogP contribution < -0.4 is 16.0 Å². The fourth-order valence-corrected chi connectivity index (χ4v) is 5.61. The number of H-pyrrole nitrogens is 1. The van der Waals surface area contributed by atoms with Crippen molar-refractivity contribution >= 4 is 41.6 Å². The molecule has 2 aromatic heterocycles. The predicted octanol–water partition coefficient (Wildman–Crippen LogP) is 3.96. The summed E-state index contributed by atoms with van der Waals surface area (Å²) >= 11 is 0.904. The fraction of sp³-hybridized carbons (Fsp3) is 0.280. The highest BCUT2D eigenvalue weighted by atomic mass is 32.2. The zero-order chi connectivity index (χ0) is 29.4. The second kappa shape index (κ2) is 13.8. The Hall–Kier alpha value is -3.62. The third-order valence-electron chi connectivity index (χ3n) is 5.55. The molecule has 218 valence electrons. The van der Waals surface area contributed by atoms with Gasteiger partial charge in [0.2, 0.25) is 11.1 Å². The van der Waals surface area contributed by atoms with Crippen molar-refractivity contribution in [2.24, 2.45) is 0 Å². The summed E-state index contributed by atoms with van der Waals surface area (Å²) in [6, 6.07) is 9.24. The van der Waals surface area contributed by atoms with E-state index in [9.17, 15) is 22.9 Å².